The fraction of sp³-hybridized carbons (Fsp3) is 0.444. The summed E-state index contributed by atoms with van der Waals surface area (Å²) in [5.41, 5.74) is 1.21. The molecule has 1 aliphatic heterocycles. The smallest absolute Gasteiger partial charge is 0.247 e. The average Bonchev–Trinajstić information content (AvgIpc) is 2.82. The molecular weight excluding hydrogens is 402 g/mol. The lowest BCUT2D eigenvalue weighted by Crippen LogP contribution is -2.56. The maximum atomic E-state index is 13.4. The van der Waals surface area contributed by atoms with E-state index in [9.17, 15) is 9.90 Å². The Kier molecular flexibility index (Phi) is 6.85. The van der Waals surface area contributed by atoms with E-state index in [4.69, 9.17) is 9.47 Å². The predicted molar refractivity (Wildman–Crippen MR) is 126 cm³/mol. The van der Waals surface area contributed by atoms with E-state index < -0.39 is 5.60 Å². The lowest BCUT2D eigenvalue weighted by Gasteiger charge is -2.52. The lowest BCUT2D eigenvalue weighted by molar-refractivity contribution is -0.151. The highest BCUT2D eigenvalue weighted by molar-refractivity contribution is 5.92. The summed E-state index contributed by atoms with van der Waals surface area (Å²) in [6, 6.07) is 15.4. The van der Waals surface area contributed by atoms with Crippen LogP contribution in [0.5, 0.6) is 11.5 Å². The first kappa shape index (κ1) is 22.4. The molecule has 170 valence electrons. The second-order valence-corrected chi connectivity index (χ2v) is 8.76. The van der Waals surface area contributed by atoms with Crippen LogP contribution in [0.4, 0.5) is 0 Å². The number of aliphatic hydroxyl groups is 1. The summed E-state index contributed by atoms with van der Waals surface area (Å²) < 4.78 is 11.1. The van der Waals surface area contributed by atoms with Crippen molar-refractivity contribution in [1.82, 2.24) is 4.90 Å². The van der Waals surface area contributed by atoms with Crippen LogP contribution in [0.1, 0.15) is 56.2 Å². The number of ether oxygens (including phenoxy) is 2. The van der Waals surface area contributed by atoms with E-state index in [1.54, 1.807) is 13.2 Å². The molecule has 1 saturated heterocycles. The molecule has 32 heavy (non-hydrogen) atoms. The molecule has 5 heteroatoms. The molecule has 5 nitrogen and oxygen atoms in total. The molecule has 3 unspecified atom stereocenters. The fourth-order valence-corrected chi connectivity index (χ4v) is 5.30. The number of fused-ring (bicyclic) bond motifs is 1. The average molecular weight is 436 g/mol. The van der Waals surface area contributed by atoms with Gasteiger partial charge in [0.25, 0.3) is 0 Å². The highest BCUT2D eigenvalue weighted by atomic mass is 16.5. The molecule has 0 aromatic heterocycles. The lowest BCUT2D eigenvalue weighted by atomic mass is 9.66. The molecule has 1 heterocycles. The molecule has 2 aromatic rings. The Morgan fingerprint density at radius 1 is 1.16 bits per heavy atom. The third-order valence-corrected chi connectivity index (χ3v) is 6.92. The van der Waals surface area contributed by atoms with Crippen LogP contribution in [0.25, 0.3) is 6.08 Å². The van der Waals surface area contributed by atoms with Gasteiger partial charge in [0.1, 0.15) is 11.5 Å². The highest BCUT2D eigenvalue weighted by Crippen LogP contribution is 2.50. The fourth-order valence-electron chi connectivity index (χ4n) is 5.30. The van der Waals surface area contributed by atoms with Gasteiger partial charge in [0.15, 0.2) is 0 Å². The van der Waals surface area contributed by atoms with Crippen LogP contribution in [-0.4, -0.2) is 41.8 Å². The third kappa shape index (κ3) is 4.53. The minimum absolute atomic E-state index is 0.00458. The van der Waals surface area contributed by atoms with Gasteiger partial charge in [0, 0.05) is 24.1 Å². The Balaban J connectivity index is 1.66. The summed E-state index contributed by atoms with van der Waals surface area (Å²) >= 11 is 0. The van der Waals surface area contributed by atoms with Crippen molar-refractivity contribution in [3.05, 3.63) is 65.7 Å². The second-order valence-electron chi connectivity index (χ2n) is 8.76. The number of carbonyl (C=O) groups is 1. The van der Waals surface area contributed by atoms with Gasteiger partial charge in [-0.2, -0.15) is 0 Å². The Morgan fingerprint density at radius 2 is 1.94 bits per heavy atom. The normalized spacial score (nSPS) is 25.4. The second kappa shape index (κ2) is 9.78. The quantitative estimate of drug-likeness (QED) is 0.649. The van der Waals surface area contributed by atoms with Crippen LogP contribution >= 0.6 is 0 Å². The van der Waals surface area contributed by atoms with Gasteiger partial charge in [0.05, 0.1) is 25.4 Å². The van der Waals surface area contributed by atoms with Crippen LogP contribution in [0.3, 0.4) is 0 Å². The molecule has 2 aromatic carbocycles. The van der Waals surface area contributed by atoms with Crippen molar-refractivity contribution in [1.29, 1.82) is 0 Å². The Labute approximate surface area is 190 Å². The summed E-state index contributed by atoms with van der Waals surface area (Å²) in [7, 11) is 1.64. The van der Waals surface area contributed by atoms with Crippen molar-refractivity contribution >= 4 is 12.0 Å². The van der Waals surface area contributed by atoms with Crippen molar-refractivity contribution in [2.75, 3.05) is 20.3 Å². The van der Waals surface area contributed by atoms with Crippen molar-refractivity contribution in [2.45, 2.75) is 50.7 Å². The number of methoxy groups -OCH3 is 1. The minimum Gasteiger partial charge on any atom is -0.497 e. The summed E-state index contributed by atoms with van der Waals surface area (Å²) in [5, 5.41) is 11.5. The van der Waals surface area contributed by atoms with Gasteiger partial charge in [-0.3, -0.25) is 4.79 Å². The zero-order valence-electron chi connectivity index (χ0n) is 19.0. The molecule has 1 saturated carbocycles. The van der Waals surface area contributed by atoms with Crippen molar-refractivity contribution in [2.24, 2.45) is 5.92 Å². The van der Waals surface area contributed by atoms with Gasteiger partial charge in [-0.1, -0.05) is 43.2 Å². The number of nitrogens with zero attached hydrogens (tertiary/aromatic N) is 1. The number of benzene rings is 2. The van der Waals surface area contributed by atoms with Crippen LogP contribution in [-0.2, 0) is 4.79 Å². The van der Waals surface area contributed by atoms with E-state index in [2.05, 4.69) is 0 Å². The summed E-state index contributed by atoms with van der Waals surface area (Å²) in [6.07, 6.45) is 7.93. The SMILES string of the molecule is CCOc1ccccc1C1C2CCCCC2(O)CCN1C(=O)/C=C/c1ccc(OC)cc1. The zero-order valence-corrected chi connectivity index (χ0v) is 19.0. The van der Waals surface area contributed by atoms with Gasteiger partial charge >= 0.3 is 0 Å². The first-order valence-corrected chi connectivity index (χ1v) is 11.6. The van der Waals surface area contributed by atoms with Gasteiger partial charge in [0.2, 0.25) is 5.91 Å². The molecule has 1 N–H and O–H groups in total. The number of hydrogen-bond donors (Lipinski definition) is 1. The number of likely N-dealkylation sites (tertiary alicyclic amines) is 1. The molecular formula is C27H33NO4. The number of amides is 1. The molecule has 0 bridgehead atoms. The summed E-state index contributed by atoms with van der Waals surface area (Å²) in [5.74, 6) is 1.55. The molecule has 1 amide bonds. The number of piperidine rings is 1. The highest BCUT2D eigenvalue weighted by Gasteiger charge is 2.50. The number of para-hydroxylation sites is 1. The van der Waals surface area contributed by atoms with E-state index in [0.717, 1.165) is 48.3 Å². The van der Waals surface area contributed by atoms with Crippen molar-refractivity contribution < 1.29 is 19.4 Å². The van der Waals surface area contributed by atoms with Gasteiger partial charge in [-0.05, 0) is 56.0 Å². The first-order valence-electron chi connectivity index (χ1n) is 11.6. The monoisotopic (exact) mass is 435 g/mol. The maximum absolute atomic E-state index is 13.4. The molecule has 0 radical (unpaired) electrons. The van der Waals surface area contributed by atoms with E-state index in [1.165, 1.54) is 0 Å². The number of rotatable bonds is 6. The molecule has 3 atom stereocenters. The van der Waals surface area contributed by atoms with Gasteiger partial charge < -0.3 is 19.5 Å². The Morgan fingerprint density at radius 3 is 2.69 bits per heavy atom. The topological polar surface area (TPSA) is 59.0 Å². The maximum Gasteiger partial charge on any atom is 0.247 e. The van der Waals surface area contributed by atoms with Gasteiger partial charge in [-0.15, -0.1) is 0 Å². The molecule has 0 spiro atoms. The minimum atomic E-state index is -0.723. The molecule has 2 fully saturated rings. The van der Waals surface area contributed by atoms with E-state index in [0.29, 0.717) is 19.6 Å². The van der Waals surface area contributed by atoms with Crippen LogP contribution in [0.15, 0.2) is 54.6 Å². The van der Waals surface area contributed by atoms with E-state index in [1.807, 2.05) is 66.4 Å². The van der Waals surface area contributed by atoms with Gasteiger partial charge in [-0.25, -0.2) is 0 Å². The molecule has 4 rings (SSSR count). The summed E-state index contributed by atoms with van der Waals surface area (Å²) in [6.45, 7) is 3.06. The van der Waals surface area contributed by atoms with Crippen LogP contribution in [0, 0.1) is 5.92 Å². The van der Waals surface area contributed by atoms with E-state index >= 15 is 0 Å². The molecule has 1 aliphatic carbocycles. The van der Waals surface area contributed by atoms with E-state index in [-0.39, 0.29) is 17.9 Å². The largest absolute Gasteiger partial charge is 0.497 e. The van der Waals surface area contributed by atoms with Crippen molar-refractivity contribution in [3.63, 3.8) is 0 Å². The van der Waals surface area contributed by atoms with Crippen LogP contribution in [0.2, 0.25) is 0 Å². The molecule has 2 aliphatic rings. The standard InChI is InChI=1S/C27H33NO4/c1-3-32-24-10-5-4-8-22(24)26-23-9-6-7-17-27(23,30)18-19-28(26)25(29)16-13-20-11-14-21(31-2)15-12-20/h4-5,8,10-16,23,26,30H,3,6-7,9,17-19H2,1-2H3/b16-13+. The van der Waals surface area contributed by atoms with Crippen molar-refractivity contribution in [3.8, 4) is 11.5 Å². The Bertz CT molecular complexity index is 954. The zero-order chi connectivity index (χ0) is 22.6. The number of hydrogen-bond acceptors (Lipinski definition) is 4. The third-order valence-electron chi connectivity index (χ3n) is 6.92. The van der Waals surface area contributed by atoms with Crippen LogP contribution < -0.4 is 9.47 Å². The predicted octanol–water partition coefficient (Wildman–Crippen LogP) is 5.00. The number of carbonyl (C=O) groups excluding carboxylic acids is 1. The summed E-state index contributed by atoms with van der Waals surface area (Å²) in [4.78, 5) is 15.4. The Hall–Kier alpha value is -2.79. The first-order chi connectivity index (χ1) is 15.6.